The predicted octanol–water partition coefficient (Wildman–Crippen LogP) is 3.07. The van der Waals surface area contributed by atoms with Gasteiger partial charge in [0, 0.05) is 19.6 Å². The number of carbonyl (C=O) groups is 1. The van der Waals surface area contributed by atoms with Crippen molar-refractivity contribution in [3.05, 3.63) is 0 Å². The number of carbonyl (C=O) groups excluding carboxylic acids is 1. The van der Waals surface area contributed by atoms with Crippen molar-refractivity contribution in [3.8, 4) is 0 Å². The second kappa shape index (κ2) is 8.57. The Morgan fingerprint density at radius 2 is 1.88 bits per heavy atom. The Hall–Kier alpha value is -0.570. The van der Waals surface area contributed by atoms with Crippen molar-refractivity contribution in [2.75, 3.05) is 13.2 Å². The summed E-state index contributed by atoms with van der Waals surface area (Å²) in [4.78, 5) is 11.5. The van der Waals surface area contributed by atoms with E-state index >= 15 is 0 Å². The van der Waals surface area contributed by atoms with Crippen molar-refractivity contribution < 1.29 is 14.3 Å². The van der Waals surface area contributed by atoms with E-state index in [1.807, 2.05) is 6.92 Å². The first-order valence-corrected chi connectivity index (χ1v) is 6.60. The average molecular weight is 228 g/mol. The zero-order valence-corrected chi connectivity index (χ0v) is 10.4. The molecule has 1 saturated carbocycles. The summed E-state index contributed by atoms with van der Waals surface area (Å²) >= 11 is 0. The highest BCUT2D eigenvalue weighted by atomic mass is 16.5. The van der Waals surface area contributed by atoms with Gasteiger partial charge in [-0.25, -0.2) is 0 Å². The van der Waals surface area contributed by atoms with Gasteiger partial charge in [0.2, 0.25) is 0 Å². The first-order valence-electron chi connectivity index (χ1n) is 6.60. The van der Waals surface area contributed by atoms with Gasteiger partial charge in [0.1, 0.15) is 6.10 Å². The molecule has 1 aliphatic carbocycles. The maximum absolute atomic E-state index is 11.5. The van der Waals surface area contributed by atoms with Crippen LogP contribution < -0.4 is 0 Å². The van der Waals surface area contributed by atoms with E-state index in [1.54, 1.807) is 0 Å². The number of rotatable bonds is 6. The van der Waals surface area contributed by atoms with Gasteiger partial charge in [0.05, 0.1) is 0 Å². The predicted molar refractivity (Wildman–Crippen MR) is 63.3 cm³/mol. The van der Waals surface area contributed by atoms with Gasteiger partial charge in [-0.15, -0.1) is 0 Å². The number of ether oxygens (including phenoxy) is 2. The van der Waals surface area contributed by atoms with E-state index in [9.17, 15) is 4.79 Å². The largest absolute Gasteiger partial charge is 0.462 e. The van der Waals surface area contributed by atoms with Gasteiger partial charge in [0.15, 0.2) is 0 Å². The third-order valence-electron chi connectivity index (χ3n) is 2.97. The molecule has 0 radical (unpaired) electrons. The zero-order chi connectivity index (χ0) is 11.6. The Kier molecular flexibility index (Phi) is 7.23. The molecule has 0 aliphatic heterocycles. The Labute approximate surface area is 98.5 Å². The number of hydrogen-bond donors (Lipinski definition) is 0. The fraction of sp³-hybridized carbons (Fsp3) is 0.923. The molecular weight excluding hydrogens is 204 g/mol. The van der Waals surface area contributed by atoms with E-state index in [1.165, 1.54) is 25.7 Å². The summed E-state index contributed by atoms with van der Waals surface area (Å²) in [7, 11) is 0. The van der Waals surface area contributed by atoms with Crippen molar-refractivity contribution >= 4 is 5.97 Å². The standard InChI is InChI=1S/C13H24O3/c1-2-15-11-7-10-13(14)16-12-8-5-3-4-6-9-12/h12H,2-11H2,1H3. The summed E-state index contributed by atoms with van der Waals surface area (Å²) < 4.78 is 10.6. The van der Waals surface area contributed by atoms with Crippen molar-refractivity contribution in [2.24, 2.45) is 0 Å². The van der Waals surface area contributed by atoms with E-state index in [-0.39, 0.29) is 12.1 Å². The summed E-state index contributed by atoms with van der Waals surface area (Å²) in [5.41, 5.74) is 0. The molecule has 0 bridgehead atoms. The highest BCUT2D eigenvalue weighted by molar-refractivity contribution is 5.69. The molecule has 3 heteroatoms. The number of hydrogen-bond acceptors (Lipinski definition) is 3. The summed E-state index contributed by atoms with van der Waals surface area (Å²) in [6.45, 7) is 3.35. The second-order valence-electron chi connectivity index (χ2n) is 4.40. The Bertz CT molecular complexity index is 184. The molecule has 1 aliphatic rings. The molecule has 0 heterocycles. The molecule has 0 saturated heterocycles. The van der Waals surface area contributed by atoms with Crippen molar-refractivity contribution in [1.29, 1.82) is 0 Å². The Morgan fingerprint density at radius 3 is 2.50 bits per heavy atom. The minimum Gasteiger partial charge on any atom is -0.462 e. The maximum Gasteiger partial charge on any atom is 0.306 e. The van der Waals surface area contributed by atoms with E-state index in [2.05, 4.69) is 0 Å². The molecule has 0 spiro atoms. The highest BCUT2D eigenvalue weighted by Gasteiger charge is 2.16. The normalized spacial score (nSPS) is 18.1. The summed E-state index contributed by atoms with van der Waals surface area (Å²) in [6, 6.07) is 0. The topological polar surface area (TPSA) is 35.5 Å². The van der Waals surface area contributed by atoms with Crippen LogP contribution in [-0.2, 0) is 14.3 Å². The molecule has 0 aromatic carbocycles. The van der Waals surface area contributed by atoms with Crippen molar-refractivity contribution in [2.45, 2.75) is 64.4 Å². The highest BCUT2D eigenvalue weighted by Crippen LogP contribution is 2.20. The molecule has 16 heavy (non-hydrogen) atoms. The fourth-order valence-electron chi connectivity index (χ4n) is 2.07. The summed E-state index contributed by atoms with van der Waals surface area (Å²) in [6.07, 6.45) is 8.55. The van der Waals surface area contributed by atoms with Gasteiger partial charge >= 0.3 is 5.97 Å². The van der Waals surface area contributed by atoms with Crippen LogP contribution in [0.2, 0.25) is 0 Å². The van der Waals surface area contributed by atoms with Crippen LogP contribution in [-0.4, -0.2) is 25.3 Å². The maximum atomic E-state index is 11.5. The fourth-order valence-corrected chi connectivity index (χ4v) is 2.07. The molecule has 94 valence electrons. The lowest BCUT2D eigenvalue weighted by Gasteiger charge is -2.15. The van der Waals surface area contributed by atoms with Crippen LogP contribution >= 0.6 is 0 Å². The molecule has 0 atom stereocenters. The Morgan fingerprint density at radius 1 is 1.19 bits per heavy atom. The number of esters is 1. The molecular formula is C13H24O3. The molecule has 1 rings (SSSR count). The SMILES string of the molecule is CCOCCCC(=O)OC1CCCCCC1. The molecule has 0 aromatic heterocycles. The van der Waals surface area contributed by atoms with Crippen LogP contribution in [0, 0.1) is 0 Å². The van der Waals surface area contributed by atoms with Gasteiger partial charge < -0.3 is 9.47 Å². The van der Waals surface area contributed by atoms with Crippen LogP contribution in [0.15, 0.2) is 0 Å². The molecule has 0 aromatic rings. The third kappa shape index (κ3) is 6.11. The lowest BCUT2D eigenvalue weighted by molar-refractivity contribution is -0.150. The Balaban J connectivity index is 2.07. The lowest BCUT2D eigenvalue weighted by atomic mass is 10.1. The van der Waals surface area contributed by atoms with E-state index in [0.717, 1.165) is 25.9 Å². The van der Waals surface area contributed by atoms with Crippen LogP contribution in [0.25, 0.3) is 0 Å². The van der Waals surface area contributed by atoms with Gasteiger partial charge in [-0.2, -0.15) is 0 Å². The van der Waals surface area contributed by atoms with Gasteiger partial charge in [-0.1, -0.05) is 12.8 Å². The quantitative estimate of drug-likeness (QED) is 0.398. The zero-order valence-electron chi connectivity index (χ0n) is 10.4. The molecule has 0 unspecified atom stereocenters. The van der Waals surface area contributed by atoms with E-state index in [0.29, 0.717) is 13.0 Å². The summed E-state index contributed by atoms with van der Waals surface area (Å²) in [5, 5.41) is 0. The minimum atomic E-state index is -0.0494. The van der Waals surface area contributed by atoms with Crippen LogP contribution in [0.4, 0.5) is 0 Å². The van der Waals surface area contributed by atoms with Gasteiger partial charge in [-0.3, -0.25) is 4.79 Å². The van der Waals surface area contributed by atoms with Crippen LogP contribution in [0.3, 0.4) is 0 Å². The van der Waals surface area contributed by atoms with Crippen molar-refractivity contribution in [3.63, 3.8) is 0 Å². The first-order chi connectivity index (χ1) is 7.83. The molecule has 3 nitrogen and oxygen atoms in total. The second-order valence-corrected chi connectivity index (χ2v) is 4.40. The van der Waals surface area contributed by atoms with Crippen LogP contribution in [0.1, 0.15) is 58.3 Å². The lowest BCUT2D eigenvalue weighted by Crippen LogP contribution is -2.17. The van der Waals surface area contributed by atoms with Crippen molar-refractivity contribution in [1.82, 2.24) is 0 Å². The molecule has 0 amide bonds. The first kappa shape index (κ1) is 13.5. The minimum absolute atomic E-state index is 0.0494. The monoisotopic (exact) mass is 228 g/mol. The van der Waals surface area contributed by atoms with Gasteiger partial charge in [-0.05, 0) is 39.0 Å². The van der Waals surface area contributed by atoms with E-state index in [4.69, 9.17) is 9.47 Å². The smallest absolute Gasteiger partial charge is 0.306 e. The average Bonchev–Trinajstić information content (AvgIpc) is 2.53. The molecule has 0 N–H and O–H groups in total. The van der Waals surface area contributed by atoms with Crippen LogP contribution in [0.5, 0.6) is 0 Å². The van der Waals surface area contributed by atoms with E-state index < -0.39 is 0 Å². The van der Waals surface area contributed by atoms with Gasteiger partial charge in [0.25, 0.3) is 0 Å². The molecule has 1 fully saturated rings. The summed E-state index contributed by atoms with van der Waals surface area (Å²) in [5.74, 6) is -0.0494. The third-order valence-corrected chi connectivity index (χ3v) is 2.97.